The summed E-state index contributed by atoms with van der Waals surface area (Å²) in [5, 5.41) is 6.22. The molecule has 0 saturated carbocycles. The van der Waals surface area contributed by atoms with Gasteiger partial charge in [-0.25, -0.2) is 0 Å². The fourth-order valence-corrected chi connectivity index (χ4v) is 2.99. The third-order valence-corrected chi connectivity index (χ3v) is 4.09. The van der Waals surface area contributed by atoms with Crippen LogP contribution in [0.4, 0.5) is 0 Å². The first-order chi connectivity index (χ1) is 10.7. The van der Waals surface area contributed by atoms with Crippen molar-refractivity contribution in [2.75, 3.05) is 40.3 Å². The van der Waals surface area contributed by atoms with E-state index in [-0.39, 0.29) is 5.91 Å². The Morgan fingerprint density at radius 2 is 2.32 bits per heavy atom. The Balaban J connectivity index is 1.75. The number of likely N-dealkylation sites (tertiary alicyclic amines) is 1. The molecule has 5 nitrogen and oxygen atoms in total. The first kappa shape index (κ1) is 16.8. The van der Waals surface area contributed by atoms with Crippen LogP contribution >= 0.6 is 0 Å². The molecule has 1 atom stereocenters. The molecule has 1 aromatic rings. The second kappa shape index (κ2) is 8.76. The molecule has 22 heavy (non-hydrogen) atoms. The molecule has 1 heterocycles. The molecule has 0 aliphatic carbocycles. The molecule has 0 bridgehead atoms. The minimum Gasteiger partial charge on any atom is -0.497 e. The summed E-state index contributed by atoms with van der Waals surface area (Å²) in [6.45, 7) is 4.09. The SMILES string of the molecule is CNCC1CCCN(CC(=O)NCc2cccc(OC)c2)C1. The fourth-order valence-electron chi connectivity index (χ4n) is 2.99. The lowest BCUT2D eigenvalue weighted by molar-refractivity contribution is -0.122. The second-order valence-corrected chi connectivity index (χ2v) is 5.93. The maximum atomic E-state index is 12.1. The van der Waals surface area contributed by atoms with Crippen LogP contribution in [0.2, 0.25) is 0 Å². The van der Waals surface area contributed by atoms with Gasteiger partial charge in [-0.3, -0.25) is 9.69 Å². The van der Waals surface area contributed by atoms with Crippen LogP contribution in [-0.2, 0) is 11.3 Å². The van der Waals surface area contributed by atoms with Gasteiger partial charge in [0, 0.05) is 13.1 Å². The second-order valence-electron chi connectivity index (χ2n) is 5.93. The largest absolute Gasteiger partial charge is 0.497 e. The van der Waals surface area contributed by atoms with Crippen LogP contribution in [0.1, 0.15) is 18.4 Å². The van der Waals surface area contributed by atoms with Gasteiger partial charge in [0.25, 0.3) is 0 Å². The quantitative estimate of drug-likeness (QED) is 0.796. The molecule has 1 amide bonds. The van der Waals surface area contributed by atoms with Gasteiger partial charge in [0.05, 0.1) is 13.7 Å². The smallest absolute Gasteiger partial charge is 0.234 e. The van der Waals surface area contributed by atoms with Crippen molar-refractivity contribution in [3.63, 3.8) is 0 Å². The first-order valence-corrected chi connectivity index (χ1v) is 7.98. The molecule has 1 unspecified atom stereocenters. The van der Waals surface area contributed by atoms with E-state index in [1.165, 1.54) is 12.8 Å². The topological polar surface area (TPSA) is 53.6 Å². The number of rotatable bonds is 7. The lowest BCUT2D eigenvalue weighted by Crippen LogP contribution is -2.44. The van der Waals surface area contributed by atoms with E-state index in [4.69, 9.17) is 4.74 Å². The van der Waals surface area contributed by atoms with Gasteiger partial charge in [0.15, 0.2) is 0 Å². The molecule has 5 heteroatoms. The predicted octanol–water partition coefficient (Wildman–Crippen LogP) is 1.24. The Kier molecular flexibility index (Phi) is 6.68. The third-order valence-electron chi connectivity index (χ3n) is 4.09. The molecule has 1 aliphatic heterocycles. The zero-order valence-electron chi connectivity index (χ0n) is 13.6. The number of carbonyl (C=O) groups excluding carboxylic acids is 1. The van der Waals surface area contributed by atoms with Gasteiger partial charge in [-0.05, 0) is 56.6 Å². The van der Waals surface area contributed by atoms with Crippen LogP contribution < -0.4 is 15.4 Å². The minimum absolute atomic E-state index is 0.0907. The van der Waals surface area contributed by atoms with Crippen LogP contribution in [0, 0.1) is 5.92 Å². The number of hydrogen-bond donors (Lipinski definition) is 2. The Morgan fingerprint density at radius 1 is 1.45 bits per heavy atom. The van der Waals surface area contributed by atoms with Gasteiger partial charge >= 0.3 is 0 Å². The van der Waals surface area contributed by atoms with E-state index in [0.717, 1.165) is 30.9 Å². The van der Waals surface area contributed by atoms with E-state index in [0.29, 0.717) is 19.0 Å². The standard InChI is InChI=1S/C17H27N3O2/c1-18-10-15-6-4-8-20(12-15)13-17(21)19-11-14-5-3-7-16(9-14)22-2/h3,5,7,9,15,18H,4,6,8,10-13H2,1-2H3,(H,19,21). The van der Waals surface area contributed by atoms with E-state index < -0.39 is 0 Å². The summed E-state index contributed by atoms with van der Waals surface area (Å²) >= 11 is 0. The summed E-state index contributed by atoms with van der Waals surface area (Å²) in [4.78, 5) is 14.4. The zero-order valence-corrected chi connectivity index (χ0v) is 13.6. The molecule has 1 aromatic carbocycles. The highest BCUT2D eigenvalue weighted by Gasteiger charge is 2.20. The van der Waals surface area contributed by atoms with Crippen molar-refractivity contribution in [2.45, 2.75) is 19.4 Å². The van der Waals surface area contributed by atoms with Crippen molar-refractivity contribution in [1.29, 1.82) is 0 Å². The molecule has 1 saturated heterocycles. The molecule has 2 rings (SSSR count). The summed E-state index contributed by atoms with van der Waals surface area (Å²) < 4.78 is 5.19. The molecule has 0 spiro atoms. The number of nitrogens with zero attached hydrogens (tertiary/aromatic N) is 1. The molecule has 0 radical (unpaired) electrons. The number of hydrogen-bond acceptors (Lipinski definition) is 4. The molecule has 2 N–H and O–H groups in total. The van der Waals surface area contributed by atoms with Crippen LogP contribution in [0.25, 0.3) is 0 Å². The maximum Gasteiger partial charge on any atom is 0.234 e. The Morgan fingerprint density at radius 3 is 3.09 bits per heavy atom. The van der Waals surface area contributed by atoms with Crippen molar-refractivity contribution in [1.82, 2.24) is 15.5 Å². The highest BCUT2D eigenvalue weighted by molar-refractivity contribution is 5.78. The summed E-state index contributed by atoms with van der Waals surface area (Å²) in [6.07, 6.45) is 2.43. The lowest BCUT2D eigenvalue weighted by atomic mass is 9.98. The number of methoxy groups -OCH3 is 1. The van der Waals surface area contributed by atoms with Crippen molar-refractivity contribution in [2.24, 2.45) is 5.92 Å². The minimum atomic E-state index is 0.0907. The molecule has 122 valence electrons. The van der Waals surface area contributed by atoms with E-state index in [1.54, 1.807) is 7.11 Å². The predicted molar refractivity (Wildman–Crippen MR) is 87.9 cm³/mol. The average molecular weight is 305 g/mol. The van der Waals surface area contributed by atoms with Crippen LogP contribution in [0.15, 0.2) is 24.3 Å². The van der Waals surface area contributed by atoms with Crippen LogP contribution in [-0.4, -0.2) is 51.1 Å². The Hall–Kier alpha value is -1.59. The molecule has 1 aliphatic rings. The van der Waals surface area contributed by atoms with Crippen LogP contribution in [0.3, 0.4) is 0 Å². The number of carbonyl (C=O) groups is 1. The summed E-state index contributed by atoms with van der Waals surface area (Å²) in [5.74, 6) is 1.57. The number of piperidine rings is 1. The van der Waals surface area contributed by atoms with Gasteiger partial charge in [-0.1, -0.05) is 12.1 Å². The van der Waals surface area contributed by atoms with E-state index in [2.05, 4.69) is 15.5 Å². The van der Waals surface area contributed by atoms with E-state index in [9.17, 15) is 4.79 Å². The van der Waals surface area contributed by atoms with E-state index >= 15 is 0 Å². The van der Waals surface area contributed by atoms with Crippen molar-refractivity contribution in [3.05, 3.63) is 29.8 Å². The highest BCUT2D eigenvalue weighted by Crippen LogP contribution is 2.15. The normalized spacial score (nSPS) is 18.9. The zero-order chi connectivity index (χ0) is 15.8. The van der Waals surface area contributed by atoms with Gasteiger partial charge in [-0.2, -0.15) is 0 Å². The molecular weight excluding hydrogens is 278 g/mol. The summed E-state index contributed by atoms with van der Waals surface area (Å²) in [7, 11) is 3.63. The Labute approximate surface area is 133 Å². The summed E-state index contributed by atoms with van der Waals surface area (Å²) in [5.41, 5.74) is 1.06. The number of benzene rings is 1. The van der Waals surface area contributed by atoms with Gasteiger partial charge < -0.3 is 15.4 Å². The van der Waals surface area contributed by atoms with Gasteiger partial charge in [0.1, 0.15) is 5.75 Å². The van der Waals surface area contributed by atoms with Crippen molar-refractivity contribution < 1.29 is 9.53 Å². The first-order valence-electron chi connectivity index (χ1n) is 7.98. The average Bonchev–Trinajstić information content (AvgIpc) is 2.54. The number of amides is 1. The fraction of sp³-hybridized carbons (Fsp3) is 0.588. The molecule has 0 aromatic heterocycles. The third kappa shape index (κ3) is 5.31. The molecule has 1 fully saturated rings. The summed E-state index contributed by atoms with van der Waals surface area (Å²) in [6, 6.07) is 7.78. The van der Waals surface area contributed by atoms with Crippen molar-refractivity contribution in [3.8, 4) is 5.75 Å². The molecular formula is C17H27N3O2. The Bertz CT molecular complexity index is 477. The maximum absolute atomic E-state index is 12.1. The van der Waals surface area contributed by atoms with Gasteiger partial charge in [-0.15, -0.1) is 0 Å². The lowest BCUT2D eigenvalue weighted by Gasteiger charge is -2.32. The van der Waals surface area contributed by atoms with Crippen molar-refractivity contribution >= 4 is 5.91 Å². The number of ether oxygens (including phenoxy) is 1. The van der Waals surface area contributed by atoms with E-state index in [1.807, 2.05) is 31.3 Å². The van der Waals surface area contributed by atoms with Gasteiger partial charge in [0.2, 0.25) is 5.91 Å². The van der Waals surface area contributed by atoms with Crippen LogP contribution in [0.5, 0.6) is 5.75 Å². The highest BCUT2D eigenvalue weighted by atomic mass is 16.5. The number of nitrogens with one attached hydrogen (secondary N) is 2. The monoisotopic (exact) mass is 305 g/mol.